The van der Waals surface area contributed by atoms with Crippen molar-refractivity contribution in [3.63, 3.8) is 0 Å². The van der Waals surface area contributed by atoms with Crippen LogP contribution >= 0.6 is 11.6 Å². The van der Waals surface area contributed by atoms with Gasteiger partial charge in [-0.05, 0) is 42.9 Å². The van der Waals surface area contributed by atoms with Gasteiger partial charge in [0.25, 0.3) is 0 Å². The molecule has 4 heteroatoms. The second-order valence-corrected chi connectivity index (χ2v) is 7.41. The molecule has 1 aliphatic carbocycles. The zero-order valence-electron chi connectivity index (χ0n) is 12.5. The van der Waals surface area contributed by atoms with Gasteiger partial charge in [0.05, 0.1) is 23.0 Å². The van der Waals surface area contributed by atoms with Crippen molar-refractivity contribution in [2.75, 3.05) is 0 Å². The fraction of sp³-hybridized carbons (Fsp3) is 0.800. The highest BCUT2D eigenvalue weighted by atomic mass is 35.5. The summed E-state index contributed by atoms with van der Waals surface area (Å²) >= 11 is 6.20. The highest BCUT2D eigenvalue weighted by Crippen LogP contribution is 2.43. The number of nitrogens with two attached hydrogens (primary N) is 1. The first-order chi connectivity index (χ1) is 8.80. The molecule has 0 saturated heterocycles. The van der Waals surface area contributed by atoms with Crippen LogP contribution in [-0.4, -0.2) is 9.78 Å². The van der Waals surface area contributed by atoms with E-state index < -0.39 is 0 Å². The Morgan fingerprint density at radius 2 is 1.89 bits per heavy atom. The van der Waals surface area contributed by atoms with Crippen LogP contribution in [0.1, 0.15) is 58.2 Å². The van der Waals surface area contributed by atoms with Crippen molar-refractivity contribution < 1.29 is 0 Å². The Bertz CT molecular complexity index is 406. The van der Waals surface area contributed by atoms with E-state index in [2.05, 4.69) is 25.9 Å². The van der Waals surface area contributed by atoms with Crippen LogP contribution in [0.4, 0.5) is 0 Å². The van der Waals surface area contributed by atoms with Gasteiger partial charge in [0.15, 0.2) is 0 Å². The third-order valence-corrected chi connectivity index (χ3v) is 5.05. The van der Waals surface area contributed by atoms with E-state index in [4.69, 9.17) is 17.3 Å². The summed E-state index contributed by atoms with van der Waals surface area (Å²) in [6.07, 6.45) is 6.64. The fourth-order valence-electron chi connectivity index (χ4n) is 3.36. The quantitative estimate of drug-likeness (QED) is 0.894. The third-order valence-electron chi connectivity index (χ3n) is 4.76. The van der Waals surface area contributed by atoms with Gasteiger partial charge in [0.1, 0.15) is 0 Å². The summed E-state index contributed by atoms with van der Waals surface area (Å²) < 4.78 is 1.82. The predicted octanol–water partition coefficient (Wildman–Crippen LogP) is 3.93. The topological polar surface area (TPSA) is 43.8 Å². The van der Waals surface area contributed by atoms with E-state index in [1.54, 1.807) is 6.20 Å². The lowest BCUT2D eigenvalue weighted by Crippen LogP contribution is -2.31. The fourth-order valence-corrected chi connectivity index (χ4v) is 3.65. The van der Waals surface area contributed by atoms with Crippen LogP contribution in [0.5, 0.6) is 0 Å². The molecule has 1 heterocycles. The molecule has 19 heavy (non-hydrogen) atoms. The molecule has 1 fully saturated rings. The Morgan fingerprint density at radius 1 is 1.32 bits per heavy atom. The predicted molar refractivity (Wildman–Crippen MR) is 80.0 cm³/mol. The van der Waals surface area contributed by atoms with Gasteiger partial charge in [-0.3, -0.25) is 4.68 Å². The van der Waals surface area contributed by atoms with Crippen LogP contribution in [0.2, 0.25) is 5.02 Å². The molecule has 0 aliphatic heterocycles. The molecule has 2 rings (SSSR count). The summed E-state index contributed by atoms with van der Waals surface area (Å²) in [7, 11) is 1.92. The van der Waals surface area contributed by atoms with Gasteiger partial charge < -0.3 is 5.73 Å². The number of hydrogen-bond donors (Lipinski definition) is 1. The maximum Gasteiger partial charge on any atom is 0.0834 e. The Kier molecular flexibility index (Phi) is 4.26. The average Bonchev–Trinajstić information content (AvgIpc) is 2.67. The first-order valence-corrected chi connectivity index (χ1v) is 7.61. The van der Waals surface area contributed by atoms with Crippen molar-refractivity contribution in [2.24, 2.45) is 30.0 Å². The van der Waals surface area contributed by atoms with E-state index >= 15 is 0 Å². The number of aryl methyl sites for hydroxylation is 1. The highest BCUT2D eigenvalue weighted by molar-refractivity contribution is 6.31. The van der Waals surface area contributed by atoms with Crippen molar-refractivity contribution in [3.8, 4) is 0 Å². The number of halogens is 1. The summed E-state index contributed by atoms with van der Waals surface area (Å²) in [6, 6.07) is 0.0147. The Morgan fingerprint density at radius 3 is 2.32 bits per heavy atom. The molecule has 1 aromatic heterocycles. The molecule has 0 bridgehead atoms. The van der Waals surface area contributed by atoms with Crippen molar-refractivity contribution in [1.29, 1.82) is 0 Å². The van der Waals surface area contributed by atoms with Crippen LogP contribution in [0.15, 0.2) is 6.20 Å². The number of nitrogens with zero attached hydrogens (tertiary/aromatic N) is 2. The van der Waals surface area contributed by atoms with Crippen molar-refractivity contribution in [2.45, 2.75) is 52.5 Å². The van der Waals surface area contributed by atoms with E-state index in [-0.39, 0.29) is 6.04 Å². The molecule has 1 unspecified atom stereocenters. The normalized spacial score (nSPS) is 26.4. The van der Waals surface area contributed by atoms with Crippen LogP contribution in [0.3, 0.4) is 0 Å². The highest BCUT2D eigenvalue weighted by Gasteiger charge is 2.33. The summed E-state index contributed by atoms with van der Waals surface area (Å²) in [5, 5.41) is 4.89. The van der Waals surface area contributed by atoms with Crippen molar-refractivity contribution >= 4 is 11.6 Å². The monoisotopic (exact) mass is 283 g/mol. The van der Waals surface area contributed by atoms with Crippen molar-refractivity contribution in [1.82, 2.24) is 9.78 Å². The molecule has 2 N–H and O–H groups in total. The standard InChI is InChI=1S/C15H26ClN3/c1-15(2,3)11-7-5-10(6-8-11)13(17)14-12(16)9-18-19(14)4/h9-11,13H,5-8,17H2,1-4H3. The lowest BCUT2D eigenvalue weighted by Gasteiger charge is -2.38. The minimum Gasteiger partial charge on any atom is -0.322 e. The van der Waals surface area contributed by atoms with E-state index in [1.165, 1.54) is 25.7 Å². The molecule has 108 valence electrons. The molecule has 1 saturated carbocycles. The van der Waals surface area contributed by atoms with Gasteiger partial charge in [-0.1, -0.05) is 32.4 Å². The van der Waals surface area contributed by atoms with Crippen molar-refractivity contribution in [3.05, 3.63) is 16.9 Å². The zero-order chi connectivity index (χ0) is 14.2. The molecular weight excluding hydrogens is 258 g/mol. The van der Waals surface area contributed by atoms with E-state index in [0.717, 1.165) is 11.6 Å². The molecule has 3 nitrogen and oxygen atoms in total. The Hall–Kier alpha value is -0.540. The van der Waals surface area contributed by atoms with Crippen LogP contribution in [0.25, 0.3) is 0 Å². The minimum absolute atomic E-state index is 0.0147. The molecular formula is C15H26ClN3. The molecule has 1 aromatic rings. The first-order valence-electron chi connectivity index (χ1n) is 7.23. The number of rotatable bonds is 2. The SMILES string of the molecule is Cn1ncc(Cl)c1C(N)C1CCC(C(C)(C)C)CC1. The van der Waals surface area contributed by atoms with Crippen LogP contribution in [0, 0.1) is 17.3 Å². The lowest BCUT2D eigenvalue weighted by molar-refractivity contribution is 0.138. The smallest absolute Gasteiger partial charge is 0.0834 e. The first kappa shape index (κ1) is 14.9. The summed E-state index contributed by atoms with van der Waals surface area (Å²) in [5.41, 5.74) is 7.83. The Balaban J connectivity index is 2.02. The molecule has 1 atom stereocenters. The maximum atomic E-state index is 6.43. The van der Waals surface area contributed by atoms with Gasteiger partial charge in [-0.25, -0.2) is 0 Å². The number of hydrogen-bond acceptors (Lipinski definition) is 2. The lowest BCUT2D eigenvalue weighted by atomic mass is 9.68. The minimum atomic E-state index is 0.0147. The molecule has 0 aromatic carbocycles. The van der Waals surface area contributed by atoms with Gasteiger partial charge in [0.2, 0.25) is 0 Å². The summed E-state index contributed by atoms with van der Waals surface area (Å²) in [5.74, 6) is 1.35. The second kappa shape index (κ2) is 5.45. The van der Waals surface area contributed by atoms with Gasteiger partial charge in [-0.2, -0.15) is 5.10 Å². The van der Waals surface area contributed by atoms with Gasteiger partial charge >= 0.3 is 0 Å². The second-order valence-electron chi connectivity index (χ2n) is 7.00. The van der Waals surface area contributed by atoms with E-state index in [0.29, 0.717) is 16.4 Å². The van der Waals surface area contributed by atoms with Gasteiger partial charge in [0, 0.05) is 7.05 Å². The third kappa shape index (κ3) is 3.14. The molecule has 0 amide bonds. The molecule has 0 spiro atoms. The molecule has 0 radical (unpaired) electrons. The summed E-state index contributed by atoms with van der Waals surface area (Å²) in [4.78, 5) is 0. The maximum absolute atomic E-state index is 6.43. The average molecular weight is 284 g/mol. The van der Waals surface area contributed by atoms with Crippen LogP contribution in [-0.2, 0) is 7.05 Å². The molecule has 1 aliphatic rings. The van der Waals surface area contributed by atoms with Gasteiger partial charge in [-0.15, -0.1) is 0 Å². The Labute approximate surface area is 121 Å². The largest absolute Gasteiger partial charge is 0.322 e. The summed E-state index contributed by atoms with van der Waals surface area (Å²) in [6.45, 7) is 7.03. The number of aromatic nitrogens is 2. The van der Waals surface area contributed by atoms with E-state index in [1.807, 2.05) is 11.7 Å². The zero-order valence-corrected chi connectivity index (χ0v) is 13.2. The van der Waals surface area contributed by atoms with Crippen LogP contribution < -0.4 is 5.73 Å². The van der Waals surface area contributed by atoms with E-state index in [9.17, 15) is 0 Å².